The molecule has 0 atom stereocenters. The summed E-state index contributed by atoms with van der Waals surface area (Å²) < 4.78 is 10.2. The predicted molar refractivity (Wildman–Crippen MR) is 79.1 cm³/mol. The van der Waals surface area contributed by atoms with Crippen molar-refractivity contribution in [2.75, 3.05) is 26.3 Å². The summed E-state index contributed by atoms with van der Waals surface area (Å²) in [6.45, 7) is 4.88. The lowest BCUT2D eigenvalue weighted by Gasteiger charge is -2.10. The van der Waals surface area contributed by atoms with Crippen LogP contribution >= 0.6 is 0 Å². The van der Waals surface area contributed by atoms with E-state index in [1.807, 2.05) is 32.0 Å². The Morgan fingerprint density at radius 1 is 1.10 bits per heavy atom. The molecule has 6 nitrogen and oxygen atoms in total. The van der Waals surface area contributed by atoms with Crippen molar-refractivity contribution in [1.29, 1.82) is 0 Å². The Hall–Kier alpha value is -2.24. The zero-order chi connectivity index (χ0) is 15.5. The van der Waals surface area contributed by atoms with E-state index in [0.717, 1.165) is 0 Å². The lowest BCUT2D eigenvalue weighted by Crippen LogP contribution is -2.37. The summed E-state index contributed by atoms with van der Waals surface area (Å²) in [6.07, 6.45) is -0.474. The zero-order valence-corrected chi connectivity index (χ0v) is 12.4. The maximum Gasteiger partial charge on any atom is 0.407 e. The van der Waals surface area contributed by atoms with E-state index in [-0.39, 0.29) is 12.5 Å². The number of nitrogens with one attached hydrogen (secondary N) is 2. The van der Waals surface area contributed by atoms with Crippen LogP contribution in [0.25, 0.3) is 0 Å². The Morgan fingerprint density at radius 3 is 2.43 bits per heavy atom. The zero-order valence-electron chi connectivity index (χ0n) is 12.4. The molecule has 1 aromatic rings. The first-order valence-electron chi connectivity index (χ1n) is 6.93. The molecule has 0 radical (unpaired) electrons. The SMILES string of the molecule is CC(C)COC(=O)NCCNC(=O)COc1ccccc1. The summed E-state index contributed by atoms with van der Waals surface area (Å²) >= 11 is 0. The first-order valence-corrected chi connectivity index (χ1v) is 6.93. The van der Waals surface area contributed by atoms with Crippen LogP contribution in [0.2, 0.25) is 0 Å². The van der Waals surface area contributed by atoms with Crippen LogP contribution in [-0.2, 0) is 9.53 Å². The van der Waals surface area contributed by atoms with Gasteiger partial charge >= 0.3 is 6.09 Å². The number of alkyl carbamates (subject to hydrolysis) is 1. The second kappa shape index (κ2) is 9.63. The molecule has 0 fully saturated rings. The maximum absolute atomic E-state index is 11.5. The largest absolute Gasteiger partial charge is 0.484 e. The Morgan fingerprint density at radius 2 is 1.76 bits per heavy atom. The topological polar surface area (TPSA) is 76.7 Å². The Kier molecular flexibility index (Phi) is 7.71. The van der Waals surface area contributed by atoms with Gasteiger partial charge in [0.25, 0.3) is 5.91 Å². The number of ether oxygens (including phenoxy) is 2. The minimum absolute atomic E-state index is 0.0538. The second-order valence-electron chi connectivity index (χ2n) is 4.87. The summed E-state index contributed by atoms with van der Waals surface area (Å²) in [7, 11) is 0. The van der Waals surface area contributed by atoms with Crippen molar-refractivity contribution in [3.05, 3.63) is 30.3 Å². The molecule has 21 heavy (non-hydrogen) atoms. The molecule has 2 N–H and O–H groups in total. The number of hydrogen-bond donors (Lipinski definition) is 2. The average Bonchev–Trinajstić information content (AvgIpc) is 2.48. The molecule has 0 saturated carbocycles. The van der Waals surface area contributed by atoms with Gasteiger partial charge in [-0.15, -0.1) is 0 Å². The Bertz CT molecular complexity index is 435. The average molecular weight is 294 g/mol. The van der Waals surface area contributed by atoms with Gasteiger partial charge in [-0.2, -0.15) is 0 Å². The van der Waals surface area contributed by atoms with Gasteiger partial charge in [-0.3, -0.25) is 4.79 Å². The van der Waals surface area contributed by atoms with Crippen LogP contribution in [0.3, 0.4) is 0 Å². The molecule has 0 aliphatic carbocycles. The fourth-order valence-electron chi connectivity index (χ4n) is 1.38. The van der Waals surface area contributed by atoms with E-state index in [1.54, 1.807) is 12.1 Å². The lowest BCUT2D eigenvalue weighted by atomic mass is 10.2. The third-order valence-corrected chi connectivity index (χ3v) is 2.38. The molecule has 6 heteroatoms. The van der Waals surface area contributed by atoms with Crippen LogP contribution in [0.5, 0.6) is 5.75 Å². The van der Waals surface area contributed by atoms with Gasteiger partial charge in [0.1, 0.15) is 5.75 Å². The van der Waals surface area contributed by atoms with Crippen molar-refractivity contribution >= 4 is 12.0 Å². The summed E-state index contributed by atoms with van der Waals surface area (Å²) in [5, 5.41) is 5.19. The number of carbonyl (C=O) groups excluding carboxylic acids is 2. The highest BCUT2D eigenvalue weighted by Gasteiger charge is 2.04. The monoisotopic (exact) mass is 294 g/mol. The number of benzene rings is 1. The highest BCUT2D eigenvalue weighted by atomic mass is 16.5. The van der Waals surface area contributed by atoms with Gasteiger partial charge in [0.2, 0.25) is 0 Å². The molecule has 0 heterocycles. The van der Waals surface area contributed by atoms with Crippen LogP contribution in [0, 0.1) is 5.92 Å². The summed E-state index contributed by atoms with van der Waals surface area (Å²) in [4.78, 5) is 22.7. The van der Waals surface area contributed by atoms with Gasteiger partial charge in [0.05, 0.1) is 6.61 Å². The van der Waals surface area contributed by atoms with Gasteiger partial charge < -0.3 is 20.1 Å². The predicted octanol–water partition coefficient (Wildman–Crippen LogP) is 1.56. The highest BCUT2D eigenvalue weighted by molar-refractivity contribution is 5.77. The molecule has 1 rings (SSSR count). The summed E-state index contributed by atoms with van der Waals surface area (Å²) in [5.41, 5.74) is 0. The van der Waals surface area contributed by atoms with E-state index in [9.17, 15) is 9.59 Å². The van der Waals surface area contributed by atoms with E-state index in [0.29, 0.717) is 31.4 Å². The third-order valence-electron chi connectivity index (χ3n) is 2.38. The van der Waals surface area contributed by atoms with E-state index in [2.05, 4.69) is 10.6 Å². The number of hydrogen-bond acceptors (Lipinski definition) is 4. The molecule has 2 amide bonds. The van der Waals surface area contributed by atoms with Crippen LogP contribution in [-0.4, -0.2) is 38.3 Å². The quantitative estimate of drug-likeness (QED) is 0.713. The van der Waals surface area contributed by atoms with Gasteiger partial charge in [0.15, 0.2) is 6.61 Å². The van der Waals surface area contributed by atoms with Gasteiger partial charge in [-0.25, -0.2) is 4.79 Å². The first-order chi connectivity index (χ1) is 10.1. The third kappa shape index (κ3) is 8.52. The van der Waals surface area contributed by atoms with Crippen LogP contribution in [0.4, 0.5) is 4.79 Å². The number of rotatable bonds is 8. The van der Waals surface area contributed by atoms with Gasteiger partial charge in [-0.1, -0.05) is 32.0 Å². The number of carbonyl (C=O) groups is 2. The summed E-state index contributed by atoms with van der Waals surface area (Å²) in [5.74, 6) is 0.699. The van der Waals surface area contributed by atoms with Crippen molar-refractivity contribution in [2.45, 2.75) is 13.8 Å². The van der Waals surface area contributed by atoms with Crippen LogP contribution in [0.1, 0.15) is 13.8 Å². The van der Waals surface area contributed by atoms with Crippen molar-refractivity contribution < 1.29 is 19.1 Å². The highest BCUT2D eigenvalue weighted by Crippen LogP contribution is 2.07. The first kappa shape index (κ1) is 16.8. The summed E-state index contributed by atoms with van der Waals surface area (Å²) in [6, 6.07) is 9.09. The molecule has 1 aromatic carbocycles. The van der Waals surface area contributed by atoms with Gasteiger partial charge in [0, 0.05) is 13.1 Å². The standard InChI is InChI=1S/C15H22N2O4/c1-12(2)10-21-15(19)17-9-8-16-14(18)11-20-13-6-4-3-5-7-13/h3-7,12H,8-11H2,1-2H3,(H,16,18)(H,17,19). The molecule has 0 unspecified atom stereocenters. The van der Waals surface area contributed by atoms with Crippen molar-refractivity contribution in [1.82, 2.24) is 10.6 Å². The minimum Gasteiger partial charge on any atom is -0.484 e. The molecule has 0 bridgehead atoms. The number of para-hydroxylation sites is 1. The van der Waals surface area contributed by atoms with E-state index < -0.39 is 6.09 Å². The van der Waals surface area contributed by atoms with Crippen LogP contribution in [0.15, 0.2) is 30.3 Å². The maximum atomic E-state index is 11.5. The molecule has 0 aliphatic heterocycles. The molecule has 116 valence electrons. The van der Waals surface area contributed by atoms with Crippen molar-refractivity contribution in [3.63, 3.8) is 0 Å². The number of amides is 2. The van der Waals surface area contributed by atoms with E-state index >= 15 is 0 Å². The molecule has 0 aliphatic rings. The molecule has 0 saturated heterocycles. The Labute approximate surface area is 124 Å². The van der Waals surface area contributed by atoms with E-state index in [1.165, 1.54) is 0 Å². The fraction of sp³-hybridized carbons (Fsp3) is 0.467. The second-order valence-corrected chi connectivity index (χ2v) is 4.87. The Balaban J connectivity index is 2.04. The molecular formula is C15H22N2O4. The molecule has 0 aromatic heterocycles. The van der Waals surface area contributed by atoms with E-state index in [4.69, 9.17) is 9.47 Å². The molecular weight excluding hydrogens is 272 g/mol. The van der Waals surface area contributed by atoms with Crippen molar-refractivity contribution in [3.8, 4) is 5.75 Å². The molecule has 0 spiro atoms. The fourth-order valence-corrected chi connectivity index (χ4v) is 1.38. The minimum atomic E-state index is -0.474. The van der Waals surface area contributed by atoms with Crippen LogP contribution < -0.4 is 15.4 Å². The normalized spacial score (nSPS) is 10.0. The van der Waals surface area contributed by atoms with Gasteiger partial charge in [-0.05, 0) is 18.1 Å². The smallest absolute Gasteiger partial charge is 0.407 e. The van der Waals surface area contributed by atoms with Crippen molar-refractivity contribution in [2.24, 2.45) is 5.92 Å². The lowest BCUT2D eigenvalue weighted by molar-refractivity contribution is -0.123.